The molecule has 122 valence electrons. The van der Waals surface area contributed by atoms with E-state index in [0.29, 0.717) is 17.5 Å². The van der Waals surface area contributed by atoms with E-state index in [1.165, 1.54) is 25.7 Å². The quantitative estimate of drug-likeness (QED) is 0.680. The molecule has 0 aromatic carbocycles. The highest BCUT2D eigenvalue weighted by atomic mass is 16.6. The van der Waals surface area contributed by atoms with Crippen LogP contribution in [0.15, 0.2) is 0 Å². The number of nitrogens with one attached hydrogen (secondary N) is 2. The Hall–Kier alpha value is -0.810. The summed E-state index contributed by atoms with van der Waals surface area (Å²) in [5.74, 6) is 0. The molecule has 2 rings (SSSR count). The second kappa shape index (κ2) is 6.53. The predicted octanol–water partition coefficient (Wildman–Crippen LogP) is 2.15. The van der Waals surface area contributed by atoms with Crippen molar-refractivity contribution in [1.29, 1.82) is 0 Å². The van der Waals surface area contributed by atoms with Crippen molar-refractivity contribution in [2.45, 2.75) is 77.0 Å². The Kier molecular flexibility index (Phi) is 5.15. The molecule has 5 heteroatoms. The van der Waals surface area contributed by atoms with Crippen LogP contribution in [0.4, 0.5) is 4.79 Å². The summed E-state index contributed by atoms with van der Waals surface area (Å²) in [4.78, 5) is 11.8. The van der Waals surface area contributed by atoms with Gasteiger partial charge in [-0.3, -0.25) is 0 Å². The van der Waals surface area contributed by atoms with Crippen LogP contribution in [0.3, 0.4) is 0 Å². The van der Waals surface area contributed by atoms with Gasteiger partial charge in [-0.2, -0.15) is 0 Å². The standard InChI is InChI=1S/C16H31N3O2/c1-15(2,3)21-14(20)19-13-11-16(13)7-5-12(6-8-16)18-10-4-9-17/h12-13,18H,4-11,17H2,1-3H3,(H,19,20). The Morgan fingerprint density at radius 2 is 2.00 bits per heavy atom. The van der Waals surface area contributed by atoms with Crippen molar-refractivity contribution in [3.8, 4) is 0 Å². The molecular weight excluding hydrogens is 266 g/mol. The number of ether oxygens (including phenoxy) is 1. The van der Waals surface area contributed by atoms with Crippen LogP contribution in [0.5, 0.6) is 0 Å². The fraction of sp³-hybridized carbons (Fsp3) is 0.938. The van der Waals surface area contributed by atoms with Gasteiger partial charge in [-0.15, -0.1) is 0 Å². The maximum absolute atomic E-state index is 11.8. The lowest BCUT2D eigenvalue weighted by Crippen LogP contribution is -2.39. The van der Waals surface area contributed by atoms with Gasteiger partial charge in [-0.1, -0.05) is 0 Å². The molecule has 2 fully saturated rings. The van der Waals surface area contributed by atoms with Crippen LogP contribution >= 0.6 is 0 Å². The van der Waals surface area contributed by atoms with Crippen molar-refractivity contribution in [2.75, 3.05) is 13.1 Å². The number of amides is 1. The summed E-state index contributed by atoms with van der Waals surface area (Å²) in [6.45, 7) is 7.47. The van der Waals surface area contributed by atoms with E-state index in [-0.39, 0.29) is 6.09 Å². The molecule has 0 saturated heterocycles. The third kappa shape index (κ3) is 4.85. The maximum atomic E-state index is 11.8. The van der Waals surface area contributed by atoms with E-state index in [2.05, 4.69) is 10.6 Å². The van der Waals surface area contributed by atoms with Crippen molar-refractivity contribution in [3.05, 3.63) is 0 Å². The molecule has 0 radical (unpaired) electrons. The molecule has 2 saturated carbocycles. The topological polar surface area (TPSA) is 76.4 Å². The lowest BCUT2D eigenvalue weighted by Gasteiger charge is -2.30. The lowest BCUT2D eigenvalue weighted by molar-refractivity contribution is 0.0512. The van der Waals surface area contributed by atoms with Gasteiger partial charge in [0.1, 0.15) is 5.60 Å². The molecule has 5 nitrogen and oxygen atoms in total. The average Bonchev–Trinajstić information content (AvgIpc) is 3.02. The fourth-order valence-electron chi connectivity index (χ4n) is 3.36. The summed E-state index contributed by atoms with van der Waals surface area (Å²) in [6, 6.07) is 0.947. The first-order chi connectivity index (χ1) is 9.85. The molecule has 1 atom stereocenters. The minimum absolute atomic E-state index is 0.271. The van der Waals surface area contributed by atoms with Gasteiger partial charge in [0.15, 0.2) is 0 Å². The molecule has 1 unspecified atom stereocenters. The molecule has 0 aliphatic heterocycles. The summed E-state index contributed by atoms with van der Waals surface area (Å²) < 4.78 is 5.33. The first-order valence-corrected chi connectivity index (χ1v) is 8.28. The highest BCUT2D eigenvalue weighted by Crippen LogP contribution is 2.56. The molecule has 0 aromatic heterocycles. The van der Waals surface area contributed by atoms with Crippen molar-refractivity contribution < 1.29 is 9.53 Å². The number of carbonyl (C=O) groups is 1. The average molecular weight is 297 g/mol. The molecular formula is C16H31N3O2. The molecule has 2 aliphatic rings. The number of hydrogen-bond donors (Lipinski definition) is 3. The Morgan fingerprint density at radius 1 is 1.33 bits per heavy atom. The SMILES string of the molecule is CC(C)(C)OC(=O)NC1CC12CCC(NCCCN)CC2. The largest absolute Gasteiger partial charge is 0.444 e. The van der Waals surface area contributed by atoms with E-state index in [0.717, 1.165) is 25.9 Å². The third-order valence-corrected chi connectivity index (χ3v) is 4.68. The first-order valence-electron chi connectivity index (χ1n) is 8.28. The molecule has 1 spiro atoms. The van der Waals surface area contributed by atoms with E-state index < -0.39 is 5.60 Å². The van der Waals surface area contributed by atoms with Gasteiger partial charge in [0.05, 0.1) is 0 Å². The van der Waals surface area contributed by atoms with E-state index in [1.807, 2.05) is 20.8 Å². The predicted molar refractivity (Wildman–Crippen MR) is 84.1 cm³/mol. The number of rotatable bonds is 5. The zero-order valence-corrected chi connectivity index (χ0v) is 13.7. The maximum Gasteiger partial charge on any atom is 0.407 e. The summed E-state index contributed by atoms with van der Waals surface area (Å²) in [6.07, 6.45) is 6.70. The van der Waals surface area contributed by atoms with Crippen molar-refractivity contribution in [3.63, 3.8) is 0 Å². The summed E-state index contributed by atoms with van der Waals surface area (Å²) in [7, 11) is 0. The number of nitrogens with two attached hydrogens (primary N) is 1. The van der Waals surface area contributed by atoms with E-state index in [9.17, 15) is 4.79 Å². The van der Waals surface area contributed by atoms with Crippen LogP contribution in [-0.2, 0) is 4.74 Å². The zero-order valence-electron chi connectivity index (χ0n) is 13.7. The fourth-order valence-corrected chi connectivity index (χ4v) is 3.36. The van der Waals surface area contributed by atoms with Gasteiger partial charge in [-0.25, -0.2) is 4.79 Å². The second-order valence-electron chi connectivity index (χ2n) is 7.64. The molecule has 21 heavy (non-hydrogen) atoms. The van der Waals surface area contributed by atoms with Crippen LogP contribution in [0.1, 0.15) is 59.3 Å². The lowest BCUT2D eigenvalue weighted by atomic mass is 9.82. The Bertz CT molecular complexity index is 357. The van der Waals surface area contributed by atoms with E-state index >= 15 is 0 Å². The van der Waals surface area contributed by atoms with Crippen molar-refractivity contribution in [1.82, 2.24) is 10.6 Å². The molecule has 0 heterocycles. The summed E-state index contributed by atoms with van der Waals surface area (Å²) in [5.41, 5.74) is 5.44. The second-order valence-corrected chi connectivity index (χ2v) is 7.64. The van der Waals surface area contributed by atoms with Gasteiger partial charge in [0, 0.05) is 12.1 Å². The Balaban J connectivity index is 1.68. The minimum atomic E-state index is -0.420. The van der Waals surface area contributed by atoms with E-state index in [4.69, 9.17) is 10.5 Å². The third-order valence-electron chi connectivity index (χ3n) is 4.68. The number of hydrogen-bond acceptors (Lipinski definition) is 4. The smallest absolute Gasteiger partial charge is 0.407 e. The highest BCUT2D eigenvalue weighted by molar-refractivity contribution is 5.68. The molecule has 1 amide bonds. The zero-order chi connectivity index (χ0) is 15.5. The van der Waals surface area contributed by atoms with Gasteiger partial charge >= 0.3 is 6.09 Å². The monoisotopic (exact) mass is 297 g/mol. The van der Waals surface area contributed by atoms with Gasteiger partial charge in [0.25, 0.3) is 0 Å². The van der Waals surface area contributed by atoms with Crippen molar-refractivity contribution >= 4 is 6.09 Å². The Morgan fingerprint density at radius 3 is 2.57 bits per heavy atom. The van der Waals surface area contributed by atoms with Gasteiger partial charge in [0.2, 0.25) is 0 Å². The van der Waals surface area contributed by atoms with Gasteiger partial charge < -0.3 is 21.1 Å². The Labute approximate surface area is 128 Å². The van der Waals surface area contributed by atoms with Gasteiger partial charge in [-0.05, 0) is 77.8 Å². The van der Waals surface area contributed by atoms with Crippen LogP contribution in [0.2, 0.25) is 0 Å². The summed E-state index contributed by atoms with van der Waals surface area (Å²) >= 11 is 0. The van der Waals surface area contributed by atoms with Crippen LogP contribution in [0, 0.1) is 5.41 Å². The highest BCUT2D eigenvalue weighted by Gasteiger charge is 2.55. The minimum Gasteiger partial charge on any atom is -0.444 e. The molecule has 0 bridgehead atoms. The molecule has 4 N–H and O–H groups in total. The number of carbonyl (C=O) groups excluding carboxylic acids is 1. The van der Waals surface area contributed by atoms with Crippen LogP contribution in [-0.4, -0.2) is 36.9 Å². The first kappa shape index (κ1) is 16.6. The van der Waals surface area contributed by atoms with Crippen molar-refractivity contribution in [2.24, 2.45) is 11.1 Å². The van der Waals surface area contributed by atoms with E-state index in [1.54, 1.807) is 0 Å². The van der Waals surface area contributed by atoms with Crippen LogP contribution < -0.4 is 16.4 Å². The number of alkyl carbamates (subject to hydrolysis) is 1. The molecule has 0 aromatic rings. The summed E-state index contributed by atoms with van der Waals surface area (Å²) in [5, 5.41) is 6.62. The molecule has 2 aliphatic carbocycles. The van der Waals surface area contributed by atoms with Crippen LogP contribution in [0.25, 0.3) is 0 Å². The normalized spacial score (nSPS) is 32.0.